The highest BCUT2D eigenvalue weighted by molar-refractivity contribution is 5.81. The number of halogens is 2. The van der Waals surface area contributed by atoms with Gasteiger partial charge < -0.3 is 10.6 Å². The second-order valence-electron chi connectivity index (χ2n) is 7.51. The zero-order chi connectivity index (χ0) is 18.5. The monoisotopic (exact) mass is 365 g/mol. The van der Waals surface area contributed by atoms with Crippen molar-refractivity contribution in [2.24, 2.45) is 0 Å². The van der Waals surface area contributed by atoms with Crippen LogP contribution in [0.2, 0.25) is 0 Å². The minimum Gasteiger partial charge on any atom is -0.350 e. The second-order valence-corrected chi connectivity index (χ2v) is 7.51. The first-order valence-electron chi connectivity index (χ1n) is 9.76. The normalized spacial score (nSPS) is 26.1. The maximum atomic E-state index is 13.6. The van der Waals surface area contributed by atoms with Crippen LogP contribution >= 0.6 is 0 Å². The predicted octanol–water partition coefficient (Wildman–Crippen LogP) is 2.79. The zero-order valence-corrected chi connectivity index (χ0v) is 15.4. The Morgan fingerprint density at radius 1 is 1.19 bits per heavy atom. The summed E-state index contributed by atoms with van der Waals surface area (Å²) in [6, 6.07) is 3.79. The van der Waals surface area contributed by atoms with Crippen LogP contribution in [-0.4, -0.2) is 49.1 Å². The Balaban J connectivity index is 1.67. The first-order valence-corrected chi connectivity index (χ1v) is 9.76. The lowest BCUT2D eigenvalue weighted by molar-refractivity contribution is -0.126. The number of hydrogen-bond acceptors (Lipinski definition) is 3. The molecule has 2 aliphatic rings. The number of carbonyl (C=O) groups excluding carboxylic acids is 1. The minimum atomic E-state index is -0.835. The van der Waals surface area contributed by atoms with E-state index in [0.29, 0.717) is 6.54 Å². The summed E-state index contributed by atoms with van der Waals surface area (Å²) in [5, 5.41) is 6.46. The molecule has 3 rings (SSSR count). The van der Waals surface area contributed by atoms with E-state index in [0.717, 1.165) is 44.5 Å². The standard InChI is InChI=1S/C20H29F2N3O/c1-14(25-10-4-2-3-5-11-25)20(26)24-19-13-23-9-8-16(19)15-6-7-17(21)18(22)12-15/h6-7,12,14,16,19,23H,2-5,8-11,13H2,1H3,(H,24,26). The van der Waals surface area contributed by atoms with Crippen LogP contribution in [0.4, 0.5) is 8.78 Å². The van der Waals surface area contributed by atoms with Crippen LogP contribution in [-0.2, 0) is 4.79 Å². The SMILES string of the molecule is CC(C(=O)NC1CNCCC1c1ccc(F)c(F)c1)N1CCCCCC1. The summed E-state index contributed by atoms with van der Waals surface area (Å²) in [5.41, 5.74) is 0.748. The van der Waals surface area contributed by atoms with Crippen LogP contribution in [0.1, 0.15) is 50.5 Å². The number of benzene rings is 1. The van der Waals surface area contributed by atoms with Crippen molar-refractivity contribution in [2.75, 3.05) is 26.2 Å². The molecule has 6 heteroatoms. The van der Waals surface area contributed by atoms with E-state index in [1.54, 1.807) is 6.07 Å². The van der Waals surface area contributed by atoms with Crippen LogP contribution in [0.5, 0.6) is 0 Å². The molecule has 0 radical (unpaired) electrons. The van der Waals surface area contributed by atoms with Crippen molar-refractivity contribution >= 4 is 5.91 Å². The average molecular weight is 365 g/mol. The maximum Gasteiger partial charge on any atom is 0.237 e. The van der Waals surface area contributed by atoms with Crippen molar-refractivity contribution in [2.45, 2.75) is 57.0 Å². The highest BCUT2D eigenvalue weighted by Crippen LogP contribution is 2.27. The van der Waals surface area contributed by atoms with Crippen molar-refractivity contribution < 1.29 is 13.6 Å². The van der Waals surface area contributed by atoms with Crippen molar-refractivity contribution in [3.05, 3.63) is 35.4 Å². The quantitative estimate of drug-likeness (QED) is 0.862. The number of nitrogens with zero attached hydrogens (tertiary/aromatic N) is 1. The highest BCUT2D eigenvalue weighted by atomic mass is 19.2. The predicted molar refractivity (Wildman–Crippen MR) is 98.0 cm³/mol. The molecule has 0 saturated carbocycles. The molecule has 1 amide bonds. The summed E-state index contributed by atoms with van der Waals surface area (Å²) in [6.07, 6.45) is 5.53. The van der Waals surface area contributed by atoms with Gasteiger partial charge in [0.25, 0.3) is 0 Å². The first-order chi connectivity index (χ1) is 12.6. The lowest BCUT2D eigenvalue weighted by Crippen LogP contribution is -2.54. The molecule has 1 aromatic rings. The number of likely N-dealkylation sites (tertiary alicyclic amines) is 1. The van der Waals surface area contributed by atoms with Crippen LogP contribution in [0.15, 0.2) is 18.2 Å². The van der Waals surface area contributed by atoms with Gasteiger partial charge in [-0.25, -0.2) is 8.78 Å². The van der Waals surface area contributed by atoms with Crippen LogP contribution in [0.3, 0.4) is 0 Å². The van der Waals surface area contributed by atoms with Gasteiger partial charge in [-0.2, -0.15) is 0 Å². The molecule has 4 nitrogen and oxygen atoms in total. The molecule has 1 aromatic carbocycles. The average Bonchev–Trinajstić information content (AvgIpc) is 2.93. The van der Waals surface area contributed by atoms with E-state index in [9.17, 15) is 13.6 Å². The third-order valence-electron chi connectivity index (χ3n) is 5.75. The van der Waals surface area contributed by atoms with E-state index in [4.69, 9.17) is 0 Å². The van der Waals surface area contributed by atoms with Crippen LogP contribution in [0.25, 0.3) is 0 Å². The van der Waals surface area contributed by atoms with Gasteiger partial charge in [0.1, 0.15) is 0 Å². The van der Waals surface area contributed by atoms with E-state index in [-0.39, 0.29) is 23.9 Å². The van der Waals surface area contributed by atoms with Crippen molar-refractivity contribution in [3.63, 3.8) is 0 Å². The molecule has 26 heavy (non-hydrogen) atoms. The van der Waals surface area contributed by atoms with Gasteiger partial charge in [0, 0.05) is 18.5 Å². The summed E-state index contributed by atoms with van der Waals surface area (Å²) in [5.74, 6) is -1.65. The molecule has 2 N–H and O–H groups in total. The van der Waals surface area contributed by atoms with Gasteiger partial charge in [0.15, 0.2) is 11.6 Å². The summed E-state index contributed by atoms with van der Waals surface area (Å²) in [6.45, 7) is 5.33. The minimum absolute atomic E-state index is 0.00775. The van der Waals surface area contributed by atoms with Gasteiger partial charge in [-0.1, -0.05) is 18.9 Å². The molecule has 0 aromatic heterocycles. The summed E-state index contributed by atoms with van der Waals surface area (Å²) in [7, 11) is 0. The molecule has 2 saturated heterocycles. The number of amides is 1. The van der Waals surface area contributed by atoms with E-state index in [1.807, 2.05) is 6.92 Å². The Bertz CT molecular complexity index is 617. The van der Waals surface area contributed by atoms with E-state index < -0.39 is 11.6 Å². The number of carbonyl (C=O) groups is 1. The third-order valence-corrected chi connectivity index (χ3v) is 5.75. The number of nitrogens with one attached hydrogen (secondary N) is 2. The van der Waals surface area contributed by atoms with E-state index in [2.05, 4.69) is 15.5 Å². The van der Waals surface area contributed by atoms with Gasteiger partial charge >= 0.3 is 0 Å². The molecule has 0 bridgehead atoms. The Kier molecular flexibility index (Phi) is 6.59. The number of hydrogen-bond donors (Lipinski definition) is 2. The molecule has 2 fully saturated rings. The summed E-state index contributed by atoms with van der Waals surface area (Å²) < 4.78 is 26.9. The fraction of sp³-hybridized carbons (Fsp3) is 0.650. The van der Waals surface area contributed by atoms with Gasteiger partial charge in [0.05, 0.1) is 6.04 Å². The Hall–Kier alpha value is -1.53. The molecule has 144 valence electrons. The molecule has 0 aliphatic carbocycles. The van der Waals surface area contributed by atoms with Crippen LogP contribution in [0, 0.1) is 11.6 Å². The first kappa shape index (κ1) is 19.2. The number of rotatable bonds is 4. The van der Waals surface area contributed by atoms with Gasteiger partial charge in [-0.05, 0) is 63.5 Å². The van der Waals surface area contributed by atoms with E-state index >= 15 is 0 Å². The summed E-state index contributed by atoms with van der Waals surface area (Å²) >= 11 is 0. The molecule has 3 unspecified atom stereocenters. The summed E-state index contributed by atoms with van der Waals surface area (Å²) in [4.78, 5) is 15.1. The number of piperidine rings is 1. The molecular formula is C20H29F2N3O. The van der Waals surface area contributed by atoms with Crippen LogP contribution < -0.4 is 10.6 Å². The molecule has 3 atom stereocenters. The van der Waals surface area contributed by atoms with Crippen molar-refractivity contribution in [3.8, 4) is 0 Å². The highest BCUT2D eigenvalue weighted by Gasteiger charge is 2.31. The third kappa shape index (κ3) is 4.60. The van der Waals surface area contributed by atoms with Gasteiger partial charge in [0.2, 0.25) is 5.91 Å². The fourth-order valence-electron chi connectivity index (χ4n) is 4.10. The second kappa shape index (κ2) is 8.91. The topological polar surface area (TPSA) is 44.4 Å². The van der Waals surface area contributed by atoms with Crippen molar-refractivity contribution in [1.29, 1.82) is 0 Å². The largest absolute Gasteiger partial charge is 0.350 e. The Morgan fingerprint density at radius 2 is 1.92 bits per heavy atom. The molecule has 0 spiro atoms. The Morgan fingerprint density at radius 3 is 2.62 bits per heavy atom. The van der Waals surface area contributed by atoms with Gasteiger partial charge in [-0.15, -0.1) is 0 Å². The molecule has 2 heterocycles. The van der Waals surface area contributed by atoms with Crippen molar-refractivity contribution in [1.82, 2.24) is 15.5 Å². The lowest BCUT2D eigenvalue weighted by atomic mass is 9.85. The lowest BCUT2D eigenvalue weighted by Gasteiger charge is -2.35. The maximum absolute atomic E-state index is 13.6. The molecular weight excluding hydrogens is 336 g/mol. The smallest absolute Gasteiger partial charge is 0.237 e. The van der Waals surface area contributed by atoms with E-state index in [1.165, 1.54) is 25.0 Å². The fourth-order valence-corrected chi connectivity index (χ4v) is 4.10. The molecule has 2 aliphatic heterocycles. The van der Waals surface area contributed by atoms with Gasteiger partial charge in [-0.3, -0.25) is 9.69 Å². The zero-order valence-electron chi connectivity index (χ0n) is 15.4. The Labute approximate surface area is 154 Å².